The Morgan fingerprint density at radius 3 is 2.36 bits per heavy atom. The first-order valence-corrected chi connectivity index (χ1v) is 7.61. The highest BCUT2D eigenvalue weighted by Gasteiger charge is 2.17. The van der Waals surface area contributed by atoms with Crippen LogP contribution < -0.4 is 4.74 Å². The van der Waals surface area contributed by atoms with Crippen LogP contribution in [0.5, 0.6) is 5.88 Å². The van der Waals surface area contributed by atoms with E-state index in [9.17, 15) is 0 Å². The SMILES string of the molecule is COc1ccc(CN2CCN(CCn3nccn3)CC2)cn1. The minimum absolute atomic E-state index is 0.667. The molecule has 118 valence electrons. The number of rotatable bonds is 6. The smallest absolute Gasteiger partial charge is 0.212 e. The fourth-order valence-electron chi connectivity index (χ4n) is 2.64. The Morgan fingerprint density at radius 2 is 1.73 bits per heavy atom. The van der Waals surface area contributed by atoms with Gasteiger partial charge in [0.2, 0.25) is 5.88 Å². The highest BCUT2D eigenvalue weighted by Crippen LogP contribution is 2.11. The Labute approximate surface area is 130 Å². The third-order valence-corrected chi connectivity index (χ3v) is 3.96. The van der Waals surface area contributed by atoms with E-state index in [-0.39, 0.29) is 0 Å². The molecule has 0 saturated carbocycles. The number of hydrogen-bond acceptors (Lipinski definition) is 6. The van der Waals surface area contributed by atoms with E-state index in [2.05, 4.69) is 31.0 Å². The molecule has 1 saturated heterocycles. The lowest BCUT2D eigenvalue weighted by molar-refractivity contribution is 0.122. The predicted molar refractivity (Wildman–Crippen MR) is 82.5 cm³/mol. The van der Waals surface area contributed by atoms with Gasteiger partial charge in [0.15, 0.2) is 0 Å². The van der Waals surface area contributed by atoms with E-state index < -0.39 is 0 Å². The van der Waals surface area contributed by atoms with Crippen molar-refractivity contribution in [3.63, 3.8) is 0 Å². The Bertz CT molecular complexity index is 548. The molecule has 7 nitrogen and oxygen atoms in total. The molecule has 0 aliphatic carbocycles. The normalized spacial score (nSPS) is 16.8. The second-order valence-corrected chi connectivity index (χ2v) is 5.45. The molecular formula is C15H22N6O. The van der Waals surface area contributed by atoms with Gasteiger partial charge in [-0.05, 0) is 5.56 Å². The van der Waals surface area contributed by atoms with E-state index in [4.69, 9.17) is 4.74 Å². The molecule has 1 aliphatic rings. The zero-order valence-corrected chi connectivity index (χ0v) is 12.9. The summed E-state index contributed by atoms with van der Waals surface area (Å²) >= 11 is 0. The molecule has 3 rings (SSSR count). The average molecular weight is 302 g/mol. The Kier molecular flexibility index (Phi) is 4.97. The first kappa shape index (κ1) is 14.9. The van der Waals surface area contributed by atoms with Gasteiger partial charge < -0.3 is 4.74 Å². The highest BCUT2D eigenvalue weighted by atomic mass is 16.5. The molecule has 0 radical (unpaired) electrons. The van der Waals surface area contributed by atoms with Crippen LogP contribution in [-0.4, -0.2) is 69.6 Å². The highest BCUT2D eigenvalue weighted by molar-refractivity contribution is 5.17. The molecule has 1 aliphatic heterocycles. The molecule has 22 heavy (non-hydrogen) atoms. The summed E-state index contributed by atoms with van der Waals surface area (Å²) in [5, 5.41) is 8.27. The predicted octanol–water partition coefficient (Wildman–Crippen LogP) is 0.500. The standard InChI is InChI=1S/C15H22N6O/c1-22-15-3-2-14(12-16-15)13-20-8-6-19(7-9-20)10-11-21-17-4-5-18-21/h2-5,12H,6-11,13H2,1H3. The lowest BCUT2D eigenvalue weighted by atomic mass is 10.2. The van der Waals surface area contributed by atoms with Crippen LogP contribution in [0.15, 0.2) is 30.7 Å². The van der Waals surface area contributed by atoms with Crippen molar-refractivity contribution < 1.29 is 4.74 Å². The summed E-state index contributed by atoms with van der Waals surface area (Å²) in [7, 11) is 1.64. The molecule has 2 aromatic rings. The number of aromatic nitrogens is 4. The van der Waals surface area contributed by atoms with Crippen LogP contribution in [0.25, 0.3) is 0 Å². The lowest BCUT2D eigenvalue weighted by Gasteiger charge is -2.34. The number of piperazine rings is 1. The molecule has 2 aromatic heterocycles. The van der Waals surface area contributed by atoms with Gasteiger partial charge in [-0.1, -0.05) is 6.07 Å². The van der Waals surface area contributed by atoms with Gasteiger partial charge >= 0.3 is 0 Å². The fourth-order valence-corrected chi connectivity index (χ4v) is 2.64. The molecule has 0 spiro atoms. The molecule has 0 N–H and O–H groups in total. The van der Waals surface area contributed by atoms with E-state index in [0.29, 0.717) is 5.88 Å². The van der Waals surface area contributed by atoms with Crippen LogP contribution in [0.3, 0.4) is 0 Å². The second-order valence-electron chi connectivity index (χ2n) is 5.45. The van der Waals surface area contributed by atoms with Crippen LogP contribution in [0.4, 0.5) is 0 Å². The third kappa shape index (κ3) is 4.02. The van der Waals surface area contributed by atoms with Crippen LogP contribution in [-0.2, 0) is 13.1 Å². The average Bonchev–Trinajstić information content (AvgIpc) is 3.08. The summed E-state index contributed by atoms with van der Waals surface area (Å²) in [5.41, 5.74) is 1.23. The summed E-state index contributed by atoms with van der Waals surface area (Å²) in [6.07, 6.45) is 5.34. The minimum atomic E-state index is 0.667. The maximum absolute atomic E-state index is 5.09. The zero-order chi connectivity index (χ0) is 15.2. The van der Waals surface area contributed by atoms with Crippen molar-refractivity contribution in [1.82, 2.24) is 29.8 Å². The zero-order valence-electron chi connectivity index (χ0n) is 12.9. The first-order chi connectivity index (χ1) is 10.8. The van der Waals surface area contributed by atoms with E-state index in [0.717, 1.165) is 45.8 Å². The molecular weight excluding hydrogens is 280 g/mol. The topological polar surface area (TPSA) is 59.3 Å². The quantitative estimate of drug-likeness (QED) is 0.774. The molecule has 0 unspecified atom stereocenters. The number of hydrogen-bond donors (Lipinski definition) is 0. The van der Waals surface area contributed by atoms with Gasteiger partial charge in [-0.25, -0.2) is 4.98 Å². The Balaban J connectivity index is 1.41. The van der Waals surface area contributed by atoms with Gasteiger partial charge in [-0.2, -0.15) is 15.0 Å². The first-order valence-electron chi connectivity index (χ1n) is 7.61. The Hall–Kier alpha value is -1.99. The number of methoxy groups -OCH3 is 1. The maximum Gasteiger partial charge on any atom is 0.212 e. The van der Waals surface area contributed by atoms with Crippen molar-refractivity contribution in [3.05, 3.63) is 36.3 Å². The minimum Gasteiger partial charge on any atom is -0.481 e. The van der Waals surface area contributed by atoms with Crippen molar-refractivity contribution in [2.75, 3.05) is 39.8 Å². The van der Waals surface area contributed by atoms with Crippen molar-refractivity contribution in [1.29, 1.82) is 0 Å². The molecule has 0 amide bonds. The van der Waals surface area contributed by atoms with Crippen molar-refractivity contribution in [3.8, 4) is 5.88 Å². The van der Waals surface area contributed by atoms with Crippen LogP contribution in [0.2, 0.25) is 0 Å². The summed E-state index contributed by atoms with van der Waals surface area (Å²) in [5.74, 6) is 0.667. The molecule has 0 bridgehead atoms. The van der Waals surface area contributed by atoms with Crippen LogP contribution in [0.1, 0.15) is 5.56 Å². The second kappa shape index (κ2) is 7.33. The summed E-state index contributed by atoms with van der Waals surface area (Å²) in [6, 6.07) is 4.00. The third-order valence-electron chi connectivity index (χ3n) is 3.96. The molecule has 0 atom stereocenters. The molecule has 0 aromatic carbocycles. The van der Waals surface area contributed by atoms with Crippen LogP contribution >= 0.6 is 0 Å². The van der Waals surface area contributed by atoms with Crippen molar-refractivity contribution in [2.45, 2.75) is 13.1 Å². The number of pyridine rings is 1. The van der Waals surface area contributed by atoms with Crippen LogP contribution in [0, 0.1) is 0 Å². The summed E-state index contributed by atoms with van der Waals surface area (Å²) in [6.45, 7) is 7.15. The Morgan fingerprint density at radius 1 is 1.00 bits per heavy atom. The fraction of sp³-hybridized carbons (Fsp3) is 0.533. The van der Waals surface area contributed by atoms with E-state index in [1.807, 2.05) is 12.3 Å². The summed E-state index contributed by atoms with van der Waals surface area (Å²) < 4.78 is 5.09. The lowest BCUT2D eigenvalue weighted by Crippen LogP contribution is -2.46. The molecule has 3 heterocycles. The number of ether oxygens (including phenoxy) is 1. The van der Waals surface area contributed by atoms with Crippen molar-refractivity contribution >= 4 is 0 Å². The maximum atomic E-state index is 5.09. The number of nitrogens with zero attached hydrogens (tertiary/aromatic N) is 6. The van der Waals surface area contributed by atoms with E-state index in [1.54, 1.807) is 24.3 Å². The van der Waals surface area contributed by atoms with E-state index in [1.165, 1.54) is 5.56 Å². The van der Waals surface area contributed by atoms with Crippen molar-refractivity contribution in [2.24, 2.45) is 0 Å². The van der Waals surface area contributed by atoms with Gasteiger partial charge in [0.25, 0.3) is 0 Å². The summed E-state index contributed by atoms with van der Waals surface area (Å²) in [4.78, 5) is 10.9. The van der Waals surface area contributed by atoms with Gasteiger partial charge in [-0.3, -0.25) is 9.80 Å². The molecule has 7 heteroatoms. The molecule has 1 fully saturated rings. The monoisotopic (exact) mass is 302 g/mol. The van der Waals surface area contributed by atoms with Gasteiger partial charge in [0.05, 0.1) is 26.0 Å². The van der Waals surface area contributed by atoms with Gasteiger partial charge in [0, 0.05) is 51.5 Å². The van der Waals surface area contributed by atoms with Gasteiger partial charge in [-0.15, -0.1) is 0 Å². The largest absolute Gasteiger partial charge is 0.481 e. The van der Waals surface area contributed by atoms with E-state index >= 15 is 0 Å². The van der Waals surface area contributed by atoms with Gasteiger partial charge in [0.1, 0.15) is 0 Å².